The Hall–Kier alpha value is -5.69. The third-order valence-electron chi connectivity index (χ3n) is 11.0. The molecule has 3 nitrogen and oxygen atoms in total. The zero-order valence-corrected chi connectivity index (χ0v) is 31.2. The number of alkyl halides is 3. The number of anilines is 6. The lowest BCUT2D eigenvalue weighted by Gasteiger charge is -2.45. The number of halogens is 3. The minimum atomic E-state index is -4.89. The minimum Gasteiger partial charge on any atom is -0.406 e. The van der Waals surface area contributed by atoms with E-state index in [2.05, 4.69) is 112 Å². The van der Waals surface area contributed by atoms with Crippen molar-refractivity contribution in [2.24, 2.45) is 0 Å². The van der Waals surface area contributed by atoms with Crippen LogP contribution in [0.1, 0.15) is 52.7 Å². The summed E-state index contributed by atoms with van der Waals surface area (Å²) in [6, 6.07) is 45.1. The Labute approximate surface area is 314 Å². The summed E-state index contributed by atoms with van der Waals surface area (Å²) in [7, 11) is 0. The van der Waals surface area contributed by atoms with Gasteiger partial charge in [0.1, 0.15) is 5.75 Å². The molecule has 0 aromatic heterocycles. The molecule has 2 aliphatic heterocycles. The Morgan fingerprint density at radius 1 is 0.500 bits per heavy atom. The number of nitrogens with zero attached hydrogens (tertiary/aromatic N) is 2. The number of para-hydroxylation sites is 2. The molecule has 0 atom stereocenters. The first-order valence-electron chi connectivity index (χ1n) is 18.5. The molecule has 9 rings (SSSR count). The lowest BCUT2D eigenvalue weighted by Crippen LogP contribution is -2.61. The van der Waals surface area contributed by atoms with Crippen LogP contribution in [0.15, 0.2) is 133 Å². The van der Waals surface area contributed by atoms with E-state index < -0.39 is 6.36 Å². The first-order valence-corrected chi connectivity index (χ1v) is 18.5. The van der Waals surface area contributed by atoms with Gasteiger partial charge in [-0.1, -0.05) is 126 Å². The van der Waals surface area contributed by atoms with Crippen molar-refractivity contribution in [3.63, 3.8) is 0 Å². The van der Waals surface area contributed by atoms with Gasteiger partial charge in [-0.05, 0) is 85.5 Å². The zero-order chi connectivity index (χ0) is 37.7. The maximum Gasteiger partial charge on any atom is 0.573 e. The fourth-order valence-electron chi connectivity index (χ4n) is 8.41. The van der Waals surface area contributed by atoms with Gasteiger partial charge in [0.25, 0.3) is 6.71 Å². The zero-order valence-electron chi connectivity index (χ0n) is 31.2. The summed E-state index contributed by atoms with van der Waals surface area (Å²) in [4.78, 5) is 4.30. The Bertz CT molecular complexity index is 2440. The minimum absolute atomic E-state index is 0.126. The molecule has 2 aliphatic rings. The van der Waals surface area contributed by atoms with E-state index in [9.17, 15) is 13.2 Å². The molecular weight excluding hydrogens is 676 g/mol. The van der Waals surface area contributed by atoms with Gasteiger partial charge in [-0.25, -0.2) is 0 Å². The highest BCUT2D eigenvalue weighted by atomic mass is 19.4. The van der Waals surface area contributed by atoms with Crippen LogP contribution < -0.4 is 30.9 Å². The van der Waals surface area contributed by atoms with Crippen LogP contribution in [0.2, 0.25) is 0 Å². The first-order chi connectivity index (χ1) is 25.7. The topological polar surface area (TPSA) is 15.7 Å². The number of rotatable bonds is 3. The van der Waals surface area contributed by atoms with Crippen LogP contribution in [0.25, 0.3) is 21.5 Å². The predicted molar refractivity (Wildman–Crippen MR) is 220 cm³/mol. The van der Waals surface area contributed by atoms with E-state index in [1.165, 1.54) is 11.1 Å². The van der Waals surface area contributed by atoms with Crippen LogP contribution in [0.4, 0.5) is 47.3 Å². The molecule has 0 fully saturated rings. The molecule has 0 spiro atoms. The molecule has 0 saturated carbocycles. The molecule has 54 heavy (non-hydrogen) atoms. The fourth-order valence-corrected chi connectivity index (χ4v) is 8.41. The van der Waals surface area contributed by atoms with Crippen LogP contribution >= 0.6 is 0 Å². The normalized spacial score (nSPS) is 13.9. The second kappa shape index (κ2) is 11.9. The predicted octanol–water partition coefficient (Wildman–Crippen LogP) is 11.6. The van der Waals surface area contributed by atoms with Crippen molar-refractivity contribution in [3.8, 4) is 5.75 Å². The highest BCUT2D eigenvalue weighted by molar-refractivity contribution is 7.00. The molecule has 0 amide bonds. The van der Waals surface area contributed by atoms with E-state index in [1.807, 2.05) is 60.7 Å². The average Bonchev–Trinajstić information content (AvgIpc) is 3.13. The summed E-state index contributed by atoms with van der Waals surface area (Å²) in [5.74, 6) is -0.269. The SMILES string of the molecule is CC(C)(C)c1ccc2ccc3c(c2c1)N(c1ccccc1)c1cc(OC(F)(F)F)cc2c1B3c1ccc3ccc(C(C)(C)C)cc3c1N2c1ccccc1. The Balaban J connectivity index is 1.47. The quantitative estimate of drug-likeness (QED) is 0.169. The molecule has 0 unspecified atom stereocenters. The fraction of sp³-hybridized carbons (Fsp3) is 0.191. The van der Waals surface area contributed by atoms with E-state index in [0.29, 0.717) is 11.4 Å². The van der Waals surface area contributed by atoms with Gasteiger partial charge in [0.15, 0.2) is 0 Å². The lowest BCUT2D eigenvalue weighted by molar-refractivity contribution is -0.274. The largest absolute Gasteiger partial charge is 0.573 e. The van der Waals surface area contributed by atoms with Gasteiger partial charge in [-0.3, -0.25) is 0 Å². The van der Waals surface area contributed by atoms with Gasteiger partial charge in [0.05, 0.1) is 0 Å². The molecule has 7 aromatic carbocycles. The Kier molecular flexibility index (Phi) is 7.52. The smallest absolute Gasteiger partial charge is 0.406 e. The van der Waals surface area contributed by atoms with Crippen molar-refractivity contribution in [3.05, 3.63) is 145 Å². The maximum atomic E-state index is 14.3. The monoisotopic (exact) mass is 716 g/mol. The van der Waals surface area contributed by atoms with E-state index in [0.717, 1.165) is 60.7 Å². The third-order valence-corrected chi connectivity index (χ3v) is 11.0. The molecule has 0 radical (unpaired) electrons. The molecule has 0 N–H and O–H groups in total. The van der Waals surface area contributed by atoms with Gasteiger partial charge in [-0.2, -0.15) is 0 Å². The molecular formula is C47H40BF3N2O. The van der Waals surface area contributed by atoms with E-state index >= 15 is 0 Å². The van der Waals surface area contributed by atoms with Gasteiger partial charge in [0.2, 0.25) is 0 Å². The molecule has 0 aliphatic carbocycles. The second-order valence-electron chi connectivity index (χ2n) is 16.6. The maximum absolute atomic E-state index is 14.3. The van der Waals surface area contributed by atoms with Crippen molar-refractivity contribution >= 4 is 78.8 Å². The standard InChI is InChI=1S/C47H40BF3N2O/c1-45(2,3)31-21-17-29-19-23-38-43(36(29)25-31)52(33-13-9-7-10-14-33)40-27-35(54-47(49,50)51)28-41-42(40)48(38)39-24-20-30-18-22-32(46(4,5)6)26-37(30)44(39)53(41)34-15-11-8-12-16-34/h7-28H,1-6H3. The number of benzene rings is 7. The highest BCUT2D eigenvalue weighted by Crippen LogP contribution is 2.49. The summed E-state index contributed by atoms with van der Waals surface area (Å²) in [6.45, 7) is 12.9. The lowest BCUT2D eigenvalue weighted by atomic mass is 9.33. The molecule has 7 heteroatoms. The first kappa shape index (κ1) is 34.1. The van der Waals surface area contributed by atoms with Crippen molar-refractivity contribution in [1.82, 2.24) is 0 Å². The molecule has 0 bridgehead atoms. The van der Waals surface area contributed by atoms with Gasteiger partial charge in [0, 0.05) is 57.0 Å². The summed E-state index contributed by atoms with van der Waals surface area (Å²) in [6.07, 6.45) is -4.89. The highest BCUT2D eigenvalue weighted by Gasteiger charge is 2.45. The second-order valence-corrected chi connectivity index (χ2v) is 16.6. The summed E-state index contributed by atoms with van der Waals surface area (Å²) < 4.78 is 47.8. The number of ether oxygens (including phenoxy) is 1. The number of hydrogen-bond acceptors (Lipinski definition) is 3. The van der Waals surface area contributed by atoms with Crippen LogP contribution in [0.3, 0.4) is 0 Å². The summed E-state index contributed by atoms with van der Waals surface area (Å²) in [5.41, 5.74) is 10.1. The Morgan fingerprint density at radius 2 is 0.907 bits per heavy atom. The van der Waals surface area contributed by atoms with E-state index in [4.69, 9.17) is 4.74 Å². The number of hydrogen-bond donors (Lipinski definition) is 0. The Morgan fingerprint density at radius 3 is 1.30 bits per heavy atom. The van der Waals surface area contributed by atoms with Crippen LogP contribution in [0, 0.1) is 0 Å². The molecule has 2 heterocycles. The van der Waals surface area contributed by atoms with Crippen molar-refractivity contribution < 1.29 is 17.9 Å². The van der Waals surface area contributed by atoms with Crippen LogP contribution in [-0.4, -0.2) is 13.1 Å². The van der Waals surface area contributed by atoms with Gasteiger partial charge >= 0.3 is 6.36 Å². The average molecular weight is 717 g/mol. The van der Waals surface area contributed by atoms with Crippen molar-refractivity contribution in [2.75, 3.05) is 9.80 Å². The van der Waals surface area contributed by atoms with E-state index in [1.54, 1.807) is 12.1 Å². The molecule has 0 saturated heterocycles. The molecule has 7 aromatic rings. The third kappa shape index (κ3) is 5.52. The van der Waals surface area contributed by atoms with E-state index in [-0.39, 0.29) is 23.3 Å². The summed E-state index contributed by atoms with van der Waals surface area (Å²) in [5, 5.41) is 4.20. The van der Waals surface area contributed by atoms with Gasteiger partial charge in [-0.15, -0.1) is 13.2 Å². The van der Waals surface area contributed by atoms with Gasteiger partial charge < -0.3 is 14.5 Å². The molecule has 268 valence electrons. The van der Waals surface area contributed by atoms with Crippen LogP contribution in [-0.2, 0) is 10.8 Å². The van der Waals surface area contributed by atoms with Crippen LogP contribution in [0.5, 0.6) is 5.75 Å². The van der Waals surface area contributed by atoms with Crippen molar-refractivity contribution in [1.29, 1.82) is 0 Å². The number of fused-ring (bicyclic) bond motifs is 8. The van der Waals surface area contributed by atoms with Crippen molar-refractivity contribution in [2.45, 2.75) is 58.7 Å². The summed E-state index contributed by atoms with van der Waals surface area (Å²) >= 11 is 0.